The molecular formula is C21H19BrN3O5PS. The number of anilines is 1. The second-order valence-corrected chi connectivity index (χ2v) is 10.7. The molecule has 0 aliphatic carbocycles. The number of aryl methyl sites for hydroxylation is 1. The molecule has 4 rings (SSSR count). The maximum atomic E-state index is 13.3. The van der Waals surface area contributed by atoms with Crippen molar-refractivity contribution in [2.75, 3.05) is 17.9 Å². The molecule has 32 heavy (non-hydrogen) atoms. The van der Waals surface area contributed by atoms with Gasteiger partial charge in [0.2, 0.25) is 0 Å². The molecule has 0 saturated carbocycles. The van der Waals surface area contributed by atoms with Gasteiger partial charge in [-0.2, -0.15) is 0 Å². The van der Waals surface area contributed by atoms with Crippen molar-refractivity contribution in [1.29, 1.82) is 0 Å². The van der Waals surface area contributed by atoms with Gasteiger partial charge in [-0.1, -0.05) is 21.1 Å². The Morgan fingerprint density at radius 2 is 1.94 bits per heavy atom. The minimum atomic E-state index is -3.87. The summed E-state index contributed by atoms with van der Waals surface area (Å²) in [6.45, 7) is 3.66. The molecule has 0 aliphatic rings. The molecule has 0 aliphatic heterocycles. The number of sulfonamides is 1. The molecule has 166 valence electrons. The number of benzene rings is 2. The van der Waals surface area contributed by atoms with Gasteiger partial charge >= 0.3 is 0 Å². The van der Waals surface area contributed by atoms with Gasteiger partial charge in [0.25, 0.3) is 15.6 Å². The van der Waals surface area contributed by atoms with Crippen LogP contribution in [0.5, 0.6) is 5.75 Å². The zero-order valence-corrected chi connectivity index (χ0v) is 20.8. The molecule has 8 nitrogen and oxygen atoms in total. The maximum absolute atomic E-state index is 13.3. The molecule has 0 spiro atoms. The van der Waals surface area contributed by atoms with E-state index in [0.717, 1.165) is 10.0 Å². The van der Waals surface area contributed by atoms with Crippen molar-refractivity contribution in [3.8, 4) is 11.4 Å². The van der Waals surface area contributed by atoms with E-state index in [1.54, 1.807) is 30.9 Å². The summed E-state index contributed by atoms with van der Waals surface area (Å²) in [4.78, 5) is 12.9. The van der Waals surface area contributed by atoms with E-state index in [1.165, 1.54) is 40.2 Å². The Bertz CT molecular complexity index is 1470. The zero-order chi connectivity index (χ0) is 23.0. The van der Waals surface area contributed by atoms with Crippen molar-refractivity contribution in [3.05, 3.63) is 75.2 Å². The third-order valence-electron chi connectivity index (χ3n) is 4.94. The number of hydrogen-bond acceptors (Lipinski definition) is 6. The van der Waals surface area contributed by atoms with Gasteiger partial charge in [0.05, 0.1) is 23.2 Å². The molecule has 4 aromatic rings. The molecule has 0 saturated heterocycles. The van der Waals surface area contributed by atoms with Crippen LogP contribution in [0.3, 0.4) is 0 Å². The van der Waals surface area contributed by atoms with Gasteiger partial charge in [-0.15, -0.1) is 0 Å². The quantitative estimate of drug-likeness (QED) is 0.338. The molecule has 0 bridgehead atoms. The van der Waals surface area contributed by atoms with Crippen molar-refractivity contribution < 1.29 is 17.7 Å². The van der Waals surface area contributed by atoms with Crippen LogP contribution in [0.25, 0.3) is 16.6 Å². The molecule has 1 unspecified atom stereocenters. The number of fused-ring (bicyclic) bond motifs is 1. The normalized spacial score (nSPS) is 12.0. The van der Waals surface area contributed by atoms with Crippen molar-refractivity contribution in [2.24, 2.45) is 0 Å². The van der Waals surface area contributed by atoms with Crippen molar-refractivity contribution >= 4 is 51.4 Å². The Morgan fingerprint density at radius 1 is 1.16 bits per heavy atom. The summed E-state index contributed by atoms with van der Waals surface area (Å²) in [6.07, 6.45) is 1.32. The predicted molar refractivity (Wildman–Crippen MR) is 129 cm³/mol. The van der Waals surface area contributed by atoms with Gasteiger partial charge in [0.1, 0.15) is 12.0 Å². The van der Waals surface area contributed by atoms with E-state index in [0.29, 0.717) is 22.3 Å². The molecule has 1 atom stereocenters. The second-order valence-electron chi connectivity index (χ2n) is 6.85. The number of pyridine rings is 1. The molecule has 0 fully saturated rings. The summed E-state index contributed by atoms with van der Waals surface area (Å²) >= 11 is 3.48. The summed E-state index contributed by atoms with van der Waals surface area (Å²) in [7, 11) is -2.43. The Morgan fingerprint density at radius 3 is 2.59 bits per heavy atom. The third-order valence-corrected chi connectivity index (χ3v) is 9.22. The van der Waals surface area contributed by atoms with E-state index >= 15 is 0 Å². The van der Waals surface area contributed by atoms with Crippen LogP contribution in [0.4, 0.5) is 5.82 Å². The van der Waals surface area contributed by atoms with Gasteiger partial charge in [0.15, 0.2) is 5.82 Å². The van der Waals surface area contributed by atoms with Gasteiger partial charge < -0.3 is 9.26 Å². The Labute approximate surface area is 194 Å². The molecule has 2 heterocycles. The lowest BCUT2D eigenvalue weighted by atomic mass is 10.1. The number of ether oxygens (including phenoxy) is 1. The molecular weight excluding hydrogens is 517 g/mol. The molecule has 0 amide bonds. The SMILES string of the molecule is COc1cc(Br)c(C)cc1-n1c(=O)ccc2cc(S(=O)(=O)N(PC)c3ccon3)ccc21. The third kappa shape index (κ3) is 3.83. The summed E-state index contributed by atoms with van der Waals surface area (Å²) in [5.74, 6) is 0.726. The van der Waals surface area contributed by atoms with Gasteiger partial charge in [-0.3, -0.25) is 9.36 Å². The summed E-state index contributed by atoms with van der Waals surface area (Å²) < 4.78 is 40.4. The van der Waals surface area contributed by atoms with E-state index in [9.17, 15) is 13.2 Å². The highest BCUT2D eigenvalue weighted by Gasteiger charge is 2.26. The van der Waals surface area contributed by atoms with Crippen LogP contribution >= 0.6 is 24.7 Å². The van der Waals surface area contributed by atoms with Crippen LogP contribution in [0.1, 0.15) is 5.56 Å². The highest BCUT2D eigenvalue weighted by atomic mass is 79.9. The Balaban J connectivity index is 1.91. The number of methoxy groups -OCH3 is 1. The van der Waals surface area contributed by atoms with E-state index in [-0.39, 0.29) is 25.0 Å². The molecule has 0 N–H and O–H groups in total. The number of halogens is 1. The fraction of sp³-hybridized carbons (Fsp3) is 0.143. The summed E-state index contributed by atoms with van der Waals surface area (Å²) in [6, 6.07) is 12.8. The number of nitrogens with zero attached hydrogens (tertiary/aromatic N) is 3. The van der Waals surface area contributed by atoms with Crippen molar-refractivity contribution in [3.63, 3.8) is 0 Å². The van der Waals surface area contributed by atoms with Crippen LogP contribution in [-0.2, 0) is 10.0 Å². The smallest absolute Gasteiger partial charge is 0.268 e. The molecule has 2 aromatic carbocycles. The van der Waals surface area contributed by atoms with Crippen LogP contribution < -0.4 is 14.4 Å². The maximum Gasteiger partial charge on any atom is 0.268 e. The van der Waals surface area contributed by atoms with E-state index in [4.69, 9.17) is 9.26 Å². The molecule has 2 aromatic heterocycles. The first-order chi connectivity index (χ1) is 15.3. The van der Waals surface area contributed by atoms with Gasteiger partial charge in [-0.05, 0) is 64.3 Å². The largest absolute Gasteiger partial charge is 0.495 e. The van der Waals surface area contributed by atoms with E-state index < -0.39 is 10.0 Å². The lowest BCUT2D eigenvalue weighted by molar-refractivity contribution is 0.412. The average molecular weight is 536 g/mol. The highest BCUT2D eigenvalue weighted by Crippen LogP contribution is 2.34. The minimum Gasteiger partial charge on any atom is -0.495 e. The number of hydrogen-bond donors (Lipinski definition) is 0. The van der Waals surface area contributed by atoms with Crippen LogP contribution in [0.2, 0.25) is 0 Å². The first-order valence-electron chi connectivity index (χ1n) is 9.41. The number of aromatic nitrogens is 2. The summed E-state index contributed by atoms with van der Waals surface area (Å²) in [5, 5.41) is 4.35. The van der Waals surface area contributed by atoms with Crippen molar-refractivity contribution in [1.82, 2.24) is 9.72 Å². The summed E-state index contributed by atoms with van der Waals surface area (Å²) in [5.41, 5.74) is 1.80. The van der Waals surface area contributed by atoms with Crippen molar-refractivity contribution in [2.45, 2.75) is 11.8 Å². The van der Waals surface area contributed by atoms with Crippen LogP contribution in [0, 0.1) is 6.92 Å². The van der Waals surface area contributed by atoms with Gasteiger partial charge in [0, 0.05) is 22.0 Å². The first kappa shape index (κ1) is 22.5. The van der Waals surface area contributed by atoms with Crippen LogP contribution in [0.15, 0.2) is 73.5 Å². The lowest BCUT2D eigenvalue weighted by Gasteiger charge is -2.20. The monoisotopic (exact) mass is 535 g/mol. The van der Waals surface area contributed by atoms with E-state index in [2.05, 4.69) is 21.1 Å². The van der Waals surface area contributed by atoms with Gasteiger partial charge in [-0.25, -0.2) is 12.5 Å². The standard InChI is InChI=1S/C21H19BrN3O5PS/c1-13-10-18(19(29-2)12-16(13)22)24-17-6-5-15(11-14(17)4-7-21(24)26)32(27,28)25(31-3)20-8-9-30-23-20/h4-12,31H,1-3H3. The minimum absolute atomic E-state index is 0.0875. The predicted octanol–water partition coefficient (Wildman–Crippen LogP) is 4.48. The molecule has 11 heteroatoms. The number of rotatable bonds is 6. The average Bonchev–Trinajstić information content (AvgIpc) is 3.29. The fourth-order valence-electron chi connectivity index (χ4n) is 3.39. The highest BCUT2D eigenvalue weighted by molar-refractivity contribution is 9.10. The van der Waals surface area contributed by atoms with Crippen LogP contribution in [-0.4, -0.2) is 31.9 Å². The van der Waals surface area contributed by atoms with E-state index in [1.807, 2.05) is 13.0 Å². The second kappa shape index (κ2) is 8.69. The fourth-order valence-corrected chi connectivity index (χ4v) is 6.41. The Hall–Kier alpha value is -2.68. The first-order valence-corrected chi connectivity index (χ1v) is 13.1. The molecule has 0 radical (unpaired) electrons. The Kier molecular flexibility index (Phi) is 6.11. The topological polar surface area (TPSA) is 94.6 Å². The lowest BCUT2D eigenvalue weighted by Crippen LogP contribution is -2.23. The zero-order valence-electron chi connectivity index (χ0n) is 17.4.